The molecule has 0 fully saturated rings. The van der Waals surface area contributed by atoms with Crippen LogP contribution in [0.25, 0.3) is 0 Å². The van der Waals surface area contributed by atoms with Crippen molar-refractivity contribution in [3.63, 3.8) is 0 Å². The van der Waals surface area contributed by atoms with Crippen molar-refractivity contribution in [3.8, 4) is 0 Å². The average Bonchev–Trinajstić information content (AvgIpc) is 2.36. The lowest BCUT2D eigenvalue weighted by Gasteiger charge is -2.12. The highest BCUT2D eigenvalue weighted by molar-refractivity contribution is 5.70. The first-order valence-corrected chi connectivity index (χ1v) is 8.47. The summed E-state index contributed by atoms with van der Waals surface area (Å²) in [6.07, 6.45) is 0.676. The van der Waals surface area contributed by atoms with Crippen LogP contribution in [-0.2, 0) is 19.1 Å². The molecule has 4 atom stereocenters. The van der Waals surface area contributed by atoms with Gasteiger partial charge in [-0.15, -0.1) is 0 Å². The van der Waals surface area contributed by atoms with E-state index in [0.29, 0.717) is 6.42 Å². The van der Waals surface area contributed by atoms with Crippen molar-refractivity contribution in [2.75, 3.05) is 6.61 Å². The molecule has 0 spiro atoms. The molecular weight excluding hydrogens is 316 g/mol. The van der Waals surface area contributed by atoms with Gasteiger partial charge in [0.1, 0.15) is 0 Å². The van der Waals surface area contributed by atoms with Crippen LogP contribution in [0.3, 0.4) is 0 Å². The van der Waals surface area contributed by atoms with Gasteiger partial charge in [-0.05, 0) is 34.1 Å². The van der Waals surface area contributed by atoms with Crippen LogP contribution in [0.2, 0.25) is 0 Å². The zero-order valence-corrected chi connectivity index (χ0v) is 15.5. The zero-order valence-electron chi connectivity index (χ0n) is 15.5. The predicted octanol–water partition coefficient (Wildman–Crippen LogP) is 1.56. The molecule has 144 valence electrons. The Bertz CT molecular complexity index is 327. The standard InChI is InChI=1S/C9H18O3.C8H16O4/c1-4-5-8(3)12-9(11)6-7(2)10;1-6(9)3-4-12-8(11)5-7(2)10/h7-8,10H,4-6H2,1-3H3;6-7,9-10H,3-5H2,1-2H3. The van der Waals surface area contributed by atoms with E-state index in [4.69, 9.17) is 24.8 Å². The largest absolute Gasteiger partial charge is 0.466 e. The number of aliphatic hydroxyl groups is 3. The van der Waals surface area contributed by atoms with Gasteiger partial charge in [0.25, 0.3) is 0 Å². The van der Waals surface area contributed by atoms with Crippen LogP contribution in [0, 0.1) is 0 Å². The van der Waals surface area contributed by atoms with E-state index in [1.807, 2.05) is 13.8 Å². The van der Waals surface area contributed by atoms with E-state index < -0.39 is 24.3 Å². The van der Waals surface area contributed by atoms with Crippen molar-refractivity contribution in [2.45, 2.75) is 91.1 Å². The third-order valence-electron chi connectivity index (χ3n) is 2.75. The number of hydrogen-bond donors (Lipinski definition) is 3. The molecule has 0 aromatic rings. The second-order valence-electron chi connectivity index (χ2n) is 6.05. The summed E-state index contributed by atoms with van der Waals surface area (Å²) in [6.45, 7) is 8.84. The topological polar surface area (TPSA) is 113 Å². The third-order valence-corrected chi connectivity index (χ3v) is 2.75. The van der Waals surface area contributed by atoms with E-state index in [2.05, 4.69) is 0 Å². The second kappa shape index (κ2) is 15.4. The highest BCUT2D eigenvalue weighted by atomic mass is 16.5. The van der Waals surface area contributed by atoms with Crippen molar-refractivity contribution >= 4 is 11.9 Å². The summed E-state index contributed by atoms with van der Waals surface area (Å²) in [7, 11) is 0. The lowest BCUT2D eigenvalue weighted by molar-refractivity contribution is -0.150. The Labute approximate surface area is 145 Å². The quantitative estimate of drug-likeness (QED) is 0.512. The van der Waals surface area contributed by atoms with Gasteiger partial charge in [0, 0.05) is 6.42 Å². The van der Waals surface area contributed by atoms with Crippen LogP contribution < -0.4 is 0 Å². The summed E-state index contributed by atoms with van der Waals surface area (Å²) in [5.41, 5.74) is 0. The minimum absolute atomic E-state index is 0.0137. The molecule has 0 saturated carbocycles. The highest BCUT2D eigenvalue weighted by Crippen LogP contribution is 2.03. The van der Waals surface area contributed by atoms with Crippen molar-refractivity contribution in [1.29, 1.82) is 0 Å². The van der Waals surface area contributed by atoms with E-state index >= 15 is 0 Å². The molecule has 0 aliphatic rings. The van der Waals surface area contributed by atoms with Crippen molar-refractivity contribution in [2.24, 2.45) is 0 Å². The molecule has 0 aliphatic heterocycles. The van der Waals surface area contributed by atoms with E-state index in [-0.39, 0.29) is 31.5 Å². The Morgan fingerprint density at radius 2 is 1.33 bits per heavy atom. The Morgan fingerprint density at radius 3 is 1.75 bits per heavy atom. The summed E-state index contributed by atoms with van der Waals surface area (Å²) >= 11 is 0. The van der Waals surface area contributed by atoms with Gasteiger partial charge in [0.05, 0.1) is 43.9 Å². The molecule has 7 nitrogen and oxygen atoms in total. The minimum Gasteiger partial charge on any atom is -0.466 e. The fourth-order valence-electron chi connectivity index (χ4n) is 1.62. The highest BCUT2D eigenvalue weighted by Gasteiger charge is 2.10. The second-order valence-corrected chi connectivity index (χ2v) is 6.05. The van der Waals surface area contributed by atoms with Crippen molar-refractivity contribution in [3.05, 3.63) is 0 Å². The Balaban J connectivity index is 0. The summed E-state index contributed by atoms with van der Waals surface area (Å²) < 4.78 is 9.71. The molecule has 24 heavy (non-hydrogen) atoms. The zero-order chi connectivity index (χ0) is 19.1. The van der Waals surface area contributed by atoms with Gasteiger partial charge in [-0.3, -0.25) is 9.59 Å². The third kappa shape index (κ3) is 20.8. The van der Waals surface area contributed by atoms with Crippen LogP contribution in [0.1, 0.15) is 66.7 Å². The van der Waals surface area contributed by atoms with Crippen LogP contribution in [0.4, 0.5) is 0 Å². The van der Waals surface area contributed by atoms with Crippen molar-refractivity contribution in [1.82, 2.24) is 0 Å². The first-order chi connectivity index (χ1) is 11.1. The molecular formula is C17H34O7. The van der Waals surface area contributed by atoms with E-state index in [9.17, 15) is 9.59 Å². The Kier molecular flexibility index (Phi) is 16.0. The maximum Gasteiger partial charge on any atom is 0.308 e. The lowest BCUT2D eigenvalue weighted by atomic mass is 10.2. The first kappa shape index (κ1) is 25.1. The summed E-state index contributed by atoms with van der Waals surface area (Å²) in [5.74, 6) is -0.739. The molecule has 0 bridgehead atoms. The average molecular weight is 350 g/mol. The Morgan fingerprint density at radius 1 is 0.833 bits per heavy atom. The Hall–Kier alpha value is -1.18. The fraction of sp³-hybridized carbons (Fsp3) is 0.882. The van der Waals surface area contributed by atoms with Crippen LogP contribution in [-0.4, -0.2) is 58.3 Å². The van der Waals surface area contributed by atoms with Crippen LogP contribution in [0.15, 0.2) is 0 Å². The van der Waals surface area contributed by atoms with Gasteiger partial charge in [0.2, 0.25) is 0 Å². The molecule has 0 radical (unpaired) electrons. The molecule has 3 N–H and O–H groups in total. The monoisotopic (exact) mass is 350 g/mol. The number of aliphatic hydroxyl groups excluding tert-OH is 3. The summed E-state index contributed by atoms with van der Waals surface area (Å²) in [4.78, 5) is 21.7. The molecule has 0 aliphatic carbocycles. The first-order valence-electron chi connectivity index (χ1n) is 8.47. The maximum absolute atomic E-state index is 11.0. The minimum atomic E-state index is -0.663. The molecule has 4 unspecified atom stereocenters. The molecule has 0 heterocycles. The normalized spacial score (nSPS) is 15.3. The number of rotatable bonds is 10. The number of carbonyl (C=O) groups excluding carboxylic acids is 2. The van der Waals surface area contributed by atoms with Gasteiger partial charge >= 0.3 is 11.9 Å². The van der Waals surface area contributed by atoms with Gasteiger partial charge < -0.3 is 24.8 Å². The summed E-state index contributed by atoms with van der Waals surface area (Å²) in [5, 5.41) is 26.5. The molecule has 7 heteroatoms. The molecule has 0 rings (SSSR count). The smallest absolute Gasteiger partial charge is 0.308 e. The fourth-order valence-corrected chi connectivity index (χ4v) is 1.62. The predicted molar refractivity (Wildman–Crippen MR) is 90.3 cm³/mol. The van der Waals surface area contributed by atoms with E-state index in [0.717, 1.165) is 12.8 Å². The molecule has 0 saturated heterocycles. The van der Waals surface area contributed by atoms with E-state index in [1.165, 1.54) is 6.92 Å². The van der Waals surface area contributed by atoms with Crippen LogP contribution in [0.5, 0.6) is 0 Å². The summed E-state index contributed by atoms with van der Waals surface area (Å²) in [6, 6.07) is 0. The number of carbonyl (C=O) groups is 2. The SMILES string of the molecule is CC(O)CCOC(=O)CC(C)O.CCCC(C)OC(=O)CC(C)O. The van der Waals surface area contributed by atoms with Gasteiger partial charge in [-0.25, -0.2) is 0 Å². The van der Waals surface area contributed by atoms with Gasteiger partial charge in [0.15, 0.2) is 0 Å². The number of hydrogen-bond acceptors (Lipinski definition) is 7. The number of esters is 2. The van der Waals surface area contributed by atoms with Crippen LogP contribution >= 0.6 is 0 Å². The number of ether oxygens (including phenoxy) is 2. The van der Waals surface area contributed by atoms with Gasteiger partial charge in [-0.2, -0.15) is 0 Å². The van der Waals surface area contributed by atoms with E-state index in [1.54, 1.807) is 13.8 Å². The molecule has 0 aromatic heterocycles. The van der Waals surface area contributed by atoms with Gasteiger partial charge in [-0.1, -0.05) is 13.3 Å². The lowest BCUT2D eigenvalue weighted by Crippen LogP contribution is -2.18. The molecule has 0 amide bonds. The van der Waals surface area contributed by atoms with Crippen molar-refractivity contribution < 1.29 is 34.4 Å². The molecule has 0 aromatic carbocycles. The maximum atomic E-state index is 11.0.